The second kappa shape index (κ2) is 4.40. The molecule has 0 unspecified atom stereocenters. The Balaban J connectivity index is 2.02. The molecular weight excluding hydrogens is 208 g/mol. The second-order valence-electron chi connectivity index (χ2n) is 3.23. The molecule has 1 aromatic carbocycles. The van der Waals surface area contributed by atoms with E-state index < -0.39 is 0 Å². The van der Waals surface area contributed by atoms with Crippen LogP contribution in [-0.4, -0.2) is 5.16 Å². The Morgan fingerprint density at radius 1 is 1.20 bits per heavy atom. The maximum Gasteiger partial charge on any atom is 0.182 e. The quantitative estimate of drug-likeness (QED) is 0.804. The molecule has 2 rings (SSSR count). The second-order valence-corrected chi connectivity index (χ2v) is 4.11. The van der Waals surface area contributed by atoms with Crippen LogP contribution in [0, 0.1) is 13.8 Å². The van der Waals surface area contributed by atoms with Gasteiger partial charge < -0.3 is 9.25 Å². The molecule has 1 heterocycles. The smallest absolute Gasteiger partial charge is 0.182 e. The van der Waals surface area contributed by atoms with Gasteiger partial charge in [0.25, 0.3) is 0 Å². The summed E-state index contributed by atoms with van der Waals surface area (Å²) in [5.41, 5.74) is 1.05. The monoisotopic (exact) mass is 220 g/mol. The third-order valence-corrected chi connectivity index (χ3v) is 2.97. The molecule has 1 N–H and O–H groups in total. The van der Waals surface area contributed by atoms with Crippen molar-refractivity contribution in [3.63, 3.8) is 0 Å². The van der Waals surface area contributed by atoms with Crippen molar-refractivity contribution >= 4 is 17.8 Å². The predicted molar refractivity (Wildman–Crippen MR) is 61.9 cm³/mol. The highest BCUT2D eigenvalue weighted by molar-refractivity contribution is 8.00. The van der Waals surface area contributed by atoms with Crippen LogP contribution < -0.4 is 4.72 Å². The molecule has 0 fully saturated rings. The molecule has 0 radical (unpaired) electrons. The molecule has 4 heteroatoms. The van der Waals surface area contributed by atoms with Gasteiger partial charge in [-0.2, -0.15) is 0 Å². The van der Waals surface area contributed by atoms with E-state index in [4.69, 9.17) is 4.52 Å². The Kier molecular flexibility index (Phi) is 2.97. The van der Waals surface area contributed by atoms with Crippen molar-refractivity contribution in [3.8, 4) is 0 Å². The lowest BCUT2D eigenvalue weighted by Crippen LogP contribution is -1.88. The molecule has 3 nitrogen and oxygen atoms in total. The standard InChI is InChI=1S/C11H12N2OS/c1-8-9(2)14-12-11(8)13-15-10-6-4-3-5-7-10/h3-7H,1-2H3,(H,12,13). The SMILES string of the molecule is Cc1onc(NSc2ccccc2)c1C. The first-order valence-corrected chi connectivity index (χ1v) is 5.50. The van der Waals surface area contributed by atoms with Crippen molar-refractivity contribution in [1.82, 2.24) is 5.16 Å². The minimum atomic E-state index is 0.793. The summed E-state index contributed by atoms with van der Waals surface area (Å²) >= 11 is 1.53. The Hall–Kier alpha value is -1.42. The van der Waals surface area contributed by atoms with Gasteiger partial charge in [0.05, 0.1) is 0 Å². The Morgan fingerprint density at radius 3 is 2.53 bits per heavy atom. The third-order valence-electron chi connectivity index (χ3n) is 2.17. The van der Waals surface area contributed by atoms with Crippen LogP contribution >= 0.6 is 11.9 Å². The van der Waals surface area contributed by atoms with Gasteiger partial charge in [-0.3, -0.25) is 0 Å². The number of benzene rings is 1. The molecule has 0 saturated carbocycles. The summed E-state index contributed by atoms with van der Waals surface area (Å²) in [5, 5.41) is 3.92. The molecule has 2 aromatic rings. The summed E-state index contributed by atoms with van der Waals surface area (Å²) in [6.07, 6.45) is 0. The van der Waals surface area contributed by atoms with Gasteiger partial charge in [0, 0.05) is 10.5 Å². The number of aromatic nitrogens is 1. The van der Waals surface area contributed by atoms with Crippen molar-refractivity contribution in [3.05, 3.63) is 41.7 Å². The largest absolute Gasteiger partial charge is 0.359 e. The van der Waals surface area contributed by atoms with E-state index in [1.807, 2.05) is 44.2 Å². The van der Waals surface area contributed by atoms with Gasteiger partial charge in [0.15, 0.2) is 5.82 Å². The van der Waals surface area contributed by atoms with Crippen LogP contribution in [-0.2, 0) is 0 Å². The zero-order valence-corrected chi connectivity index (χ0v) is 9.47. The molecule has 0 amide bonds. The van der Waals surface area contributed by atoms with Crippen molar-refractivity contribution in [2.24, 2.45) is 0 Å². The van der Waals surface area contributed by atoms with Gasteiger partial charge in [-0.05, 0) is 37.9 Å². The van der Waals surface area contributed by atoms with E-state index in [0.717, 1.165) is 22.0 Å². The number of nitrogens with zero attached hydrogens (tertiary/aromatic N) is 1. The molecule has 0 atom stereocenters. The number of hydrogen-bond donors (Lipinski definition) is 1. The molecule has 0 spiro atoms. The maximum absolute atomic E-state index is 5.06. The topological polar surface area (TPSA) is 38.1 Å². The van der Waals surface area contributed by atoms with E-state index in [-0.39, 0.29) is 0 Å². The molecule has 0 aliphatic carbocycles. The summed E-state index contributed by atoms with van der Waals surface area (Å²) in [7, 11) is 0. The van der Waals surface area contributed by atoms with E-state index in [1.54, 1.807) is 0 Å². The highest BCUT2D eigenvalue weighted by atomic mass is 32.2. The number of nitrogens with one attached hydrogen (secondary N) is 1. The van der Waals surface area contributed by atoms with Gasteiger partial charge in [0.1, 0.15) is 5.76 Å². The summed E-state index contributed by atoms with van der Waals surface area (Å²) in [6.45, 7) is 3.89. The zero-order valence-electron chi connectivity index (χ0n) is 8.65. The van der Waals surface area contributed by atoms with E-state index in [2.05, 4.69) is 9.88 Å². The minimum absolute atomic E-state index is 0.793. The fraction of sp³-hybridized carbons (Fsp3) is 0.182. The predicted octanol–water partition coefficient (Wildman–Crippen LogP) is 3.41. The van der Waals surface area contributed by atoms with Crippen LogP contribution in [0.15, 0.2) is 39.8 Å². The molecule has 1 aromatic heterocycles. The molecule has 15 heavy (non-hydrogen) atoms. The van der Waals surface area contributed by atoms with Gasteiger partial charge in [-0.15, -0.1) is 0 Å². The zero-order chi connectivity index (χ0) is 10.7. The fourth-order valence-electron chi connectivity index (χ4n) is 1.11. The van der Waals surface area contributed by atoms with Crippen LogP contribution in [0.3, 0.4) is 0 Å². The van der Waals surface area contributed by atoms with E-state index in [0.29, 0.717) is 0 Å². The van der Waals surface area contributed by atoms with Crippen molar-refractivity contribution in [1.29, 1.82) is 0 Å². The maximum atomic E-state index is 5.06. The number of hydrogen-bond acceptors (Lipinski definition) is 4. The lowest BCUT2D eigenvalue weighted by atomic mass is 10.3. The highest BCUT2D eigenvalue weighted by Gasteiger charge is 2.07. The summed E-state index contributed by atoms with van der Waals surface area (Å²) < 4.78 is 8.22. The van der Waals surface area contributed by atoms with Crippen LogP contribution in [0.2, 0.25) is 0 Å². The summed E-state index contributed by atoms with van der Waals surface area (Å²) in [5.74, 6) is 1.65. The van der Waals surface area contributed by atoms with Crippen LogP contribution in [0.5, 0.6) is 0 Å². The third kappa shape index (κ3) is 2.33. The van der Waals surface area contributed by atoms with E-state index in [9.17, 15) is 0 Å². The number of anilines is 1. The first-order chi connectivity index (χ1) is 7.27. The Bertz CT molecular complexity index is 439. The average Bonchev–Trinajstić information content (AvgIpc) is 2.59. The van der Waals surface area contributed by atoms with Crippen molar-refractivity contribution in [2.45, 2.75) is 18.7 Å². The molecular formula is C11H12N2OS. The summed E-state index contributed by atoms with van der Waals surface area (Å²) in [4.78, 5) is 1.15. The van der Waals surface area contributed by atoms with Gasteiger partial charge in [-0.1, -0.05) is 23.4 Å². The van der Waals surface area contributed by atoms with Crippen molar-refractivity contribution in [2.75, 3.05) is 4.72 Å². The van der Waals surface area contributed by atoms with E-state index in [1.165, 1.54) is 11.9 Å². The van der Waals surface area contributed by atoms with Crippen LogP contribution in [0.4, 0.5) is 5.82 Å². The van der Waals surface area contributed by atoms with E-state index >= 15 is 0 Å². The minimum Gasteiger partial charge on any atom is -0.359 e. The van der Waals surface area contributed by atoms with Crippen molar-refractivity contribution < 1.29 is 4.52 Å². The fourth-order valence-corrected chi connectivity index (χ4v) is 1.81. The molecule has 0 aliphatic rings. The Morgan fingerprint density at radius 2 is 1.93 bits per heavy atom. The lowest BCUT2D eigenvalue weighted by Gasteiger charge is -2.01. The molecule has 78 valence electrons. The van der Waals surface area contributed by atoms with Crippen LogP contribution in [0.25, 0.3) is 0 Å². The Labute approximate surface area is 93.0 Å². The number of aryl methyl sites for hydroxylation is 1. The molecule has 0 saturated heterocycles. The first-order valence-electron chi connectivity index (χ1n) is 4.68. The molecule has 0 bridgehead atoms. The molecule has 0 aliphatic heterocycles. The number of rotatable bonds is 3. The normalized spacial score (nSPS) is 10.3. The van der Waals surface area contributed by atoms with Gasteiger partial charge in [-0.25, -0.2) is 0 Å². The van der Waals surface area contributed by atoms with Crippen LogP contribution in [0.1, 0.15) is 11.3 Å². The average molecular weight is 220 g/mol. The lowest BCUT2D eigenvalue weighted by molar-refractivity contribution is 0.399. The first kappa shape index (κ1) is 10.1. The summed E-state index contributed by atoms with van der Waals surface area (Å²) in [6, 6.07) is 10.1. The highest BCUT2D eigenvalue weighted by Crippen LogP contribution is 2.23. The van der Waals surface area contributed by atoms with Gasteiger partial charge >= 0.3 is 0 Å². The van der Waals surface area contributed by atoms with Gasteiger partial charge in [0.2, 0.25) is 0 Å².